The molecule has 1 fully saturated rings. The molecule has 0 spiro atoms. The number of nitrogens with zero attached hydrogens (tertiary/aromatic N) is 4. The van der Waals surface area contributed by atoms with Crippen LogP contribution < -0.4 is 11.1 Å². The van der Waals surface area contributed by atoms with Crippen LogP contribution in [0.25, 0.3) is 50.0 Å². The molecule has 1 saturated carbocycles. The van der Waals surface area contributed by atoms with Gasteiger partial charge in [-0.25, -0.2) is 4.98 Å². The average Bonchev–Trinajstić information content (AvgIpc) is 3.50. The van der Waals surface area contributed by atoms with Gasteiger partial charge in [0.05, 0.1) is 28.6 Å². The molecule has 0 amide bonds. The average molecular weight is 515 g/mol. The van der Waals surface area contributed by atoms with Crippen LogP contribution >= 0.6 is 0 Å². The zero-order valence-corrected chi connectivity index (χ0v) is 21.8. The topological polar surface area (TPSA) is 121 Å². The first-order chi connectivity index (χ1) is 19.1. The van der Waals surface area contributed by atoms with E-state index in [1.54, 1.807) is 18.6 Å². The fraction of sp³-hybridized carbons (Fsp3) is 0.161. The lowest BCUT2D eigenvalue weighted by molar-refractivity contribution is 0.828. The van der Waals surface area contributed by atoms with E-state index in [4.69, 9.17) is 10.7 Å². The molecule has 5 aromatic heterocycles. The molecule has 0 unspecified atom stereocenters. The lowest BCUT2D eigenvalue weighted by Gasteiger charge is -2.11. The van der Waals surface area contributed by atoms with Crippen molar-refractivity contribution in [2.24, 2.45) is 5.73 Å². The van der Waals surface area contributed by atoms with Gasteiger partial charge in [-0.05, 0) is 67.3 Å². The third-order valence-electron chi connectivity index (χ3n) is 6.76. The molecule has 5 heterocycles. The van der Waals surface area contributed by atoms with Gasteiger partial charge in [-0.3, -0.25) is 15.1 Å². The van der Waals surface area contributed by atoms with Crippen LogP contribution in [0.1, 0.15) is 38.3 Å². The Morgan fingerprint density at radius 1 is 1.10 bits per heavy atom. The number of fused-ring (bicyclic) bond motifs is 2. The highest BCUT2D eigenvalue weighted by atomic mass is 15.1. The molecule has 0 radical (unpaired) electrons. The van der Waals surface area contributed by atoms with Gasteiger partial charge < -0.3 is 16.0 Å². The van der Waals surface area contributed by atoms with E-state index in [2.05, 4.69) is 56.1 Å². The van der Waals surface area contributed by atoms with Crippen LogP contribution in [0.3, 0.4) is 0 Å². The lowest BCUT2D eigenvalue weighted by Crippen LogP contribution is -2.11. The molecule has 0 aromatic carbocycles. The van der Waals surface area contributed by atoms with E-state index in [0.29, 0.717) is 0 Å². The fourth-order valence-electron chi connectivity index (χ4n) is 4.68. The number of hydrogen-bond acceptors (Lipinski definition) is 6. The Kier molecular flexibility index (Phi) is 6.50. The summed E-state index contributed by atoms with van der Waals surface area (Å²) in [5.74, 6) is 0. The molecule has 194 valence electrons. The second-order valence-electron chi connectivity index (χ2n) is 9.73. The van der Waals surface area contributed by atoms with Crippen LogP contribution in [0.4, 0.5) is 0 Å². The van der Waals surface area contributed by atoms with Gasteiger partial charge in [0.25, 0.3) is 0 Å². The van der Waals surface area contributed by atoms with E-state index in [0.717, 1.165) is 92.8 Å². The van der Waals surface area contributed by atoms with Crippen molar-refractivity contribution in [2.45, 2.75) is 32.6 Å². The van der Waals surface area contributed by atoms with E-state index < -0.39 is 0 Å². The minimum absolute atomic E-state index is 0.735. The predicted octanol–water partition coefficient (Wildman–Crippen LogP) is 6.37. The molecular weight excluding hydrogens is 484 g/mol. The summed E-state index contributed by atoms with van der Waals surface area (Å²) in [6.45, 7) is 6.31. The smallest absolute Gasteiger partial charge is 0.135 e. The maximum atomic E-state index is 6.12. The Bertz CT molecular complexity index is 1760. The van der Waals surface area contributed by atoms with Gasteiger partial charge in [0.2, 0.25) is 0 Å². The zero-order valence-electron chi connectivity index (χ0n) is 21.8. The largest absolute Gasteiger partial charge is 0.404 e. The normalized spacial score (nSPS) is 13.7. The summed E-state index contributed by atoms with van der Waals surface area (Å²) < 4.78 is 0. The molecule has 0 bridgehead atoms. The van der Waals surface area contributed by atoms with Gasteiger partial charge in [0.1, 0.15) is 11.2 Å². The molecular formula is C31H30N8. The van der Waals surface area contributed by atoms with Crippen LogP contribution in [-0.2, 0) is 0 Å². The number of rotatable bonds is 9. The molecule has 5 aromatic rings. The Hall–Kier alpha value is -4.98. The summed E-state index contributed by atoms with van der Waals surface area (Å²) in [6, 6.07) is 10.0. The molecule has 0 atom stereocenters. The number of pyridine rings is 3. The Morgan fingerprint density at radius 3 is 2.72 bits per heavy atom. The van der Waals surface area contributed by atoms with Crippen LogP contribution in [0.2, 0.25) is 0 Å². The lowest BCUT2D eigenvalue weighted by atomic mass is 10.1. The third-order valence-corrected chi connectivity index (χ3v) is 6.76. The quantitative estimate of drug-likeness (QED) is 0.170. The van der Waals surface area contributed by atoms with Crippen molar-refractivity contribution < 1.29 is 0 Å². The molecule has 1 aliphatic rings. The molecule has 0 saturated heterocycles. The van der Waals surface area contributed by atoms with Crippen molar-refractivity contribution in [1.82, 2.24) is 35.5 Å². The number of nitrogens with one attached hydrogen (secondary N) is 3. The summed E-state index contributed by atoms with van der Waals surface area (Å²) >= 11 is 0. The van der Waals surface area contributed by atoms with Crippen molar-refractivity contribution in [3.05, 3.63) is 103 Å². The number of nitrogens with two attached hydrogens (primary N) is 1. The van der Waals surface area contributed by atoms with E-state index in [1.165, 1.54) is 5.57 Å². The Balaban J connectivity index is 1.39. The van der Waals surface area contributed by atoms with Gasteiger partial charge >= 0.3 is 0 Å². The Morgan fingerprint density at radius 2 is 1.95 bits per heavy atom. The number of allylic oxidation sites excluding steroid dienone is 5. The first-order valence-corrected chi connectivity index (χ1v) is 13.1. The van der Waals surface area contributed by atoms with E-state index in [-0.39, 0.29) is 0 Å². The molecule has 0 aliphatic heterocycles. The summed E-state index contributed by atoms with van der Waals surface area (Å²) in [4.78, 5) is 17.0. The minimum Gasteiger partial charge on any atom is -0.404 e. The first-order valence-electron chi connectivity index (χ1n) is 13.1. The van der Waals surface area contributed by atoms with Gasteiger partial charge in [-0.1, -0.05) is 25.5 Å². The van der Waals surface area contributed by atoms with E-state index in [9.17, 15) is 0 Å². The number of aromatic amines is 2. The summed E-state index contributed by atoms with van der Waals surface area (Å²) in [5.41, 5.74) is 17.3. The highest BCUT2D eigenvalue weighted by Crippen LogP contribution is 2.33. The molecule has 8 heteroatoms. The van der Waals surface area contributed by atoms with Crippen LogP contribution in [-0.4, -0.2) is 30.1 Å². The van der Waals surface area contributed by atoms with Crippen LogP contribution in [0.5, 0.6) is 0 Å². The predicted molar refractivity (Wildman–Crippen MR) is 157 cm³/mol. The standard InChI is InChI=1S/C31H30N8/c1-3-4-19(2)35-23(13-20-5-6-20)14-22(16-32)26-7-8-27-30(37-26)31(39-38-27)28-15-24-25(17-34-18-29(24)36-28)21-9-11-33-12-10-21/h7-18,35-36H,2-6,32H2,1H3,(H,38,39)/b22-16+,23-14+. The second-order valence-corrected chi connectivity index (χ2v) is 9.73. The van der Waals surface area contributed by atoms with Crippen molar-refractivity contribution in [3.8, 4) is 22.5 Å². The van der Waals surface area contributed by atoms with Crippen molar-refractivity contribution >= 4 is 27.5 Å². The van der Waals surface area contributed by atoms with E-state index >= 15 is 0 Å². The highest BCUT2D eigenvalue weighted by molar-refractivity contribution is 5.99. The third kappa shape index (κ3) is 5.09. The molecule has 1 aliphatic carbocycles. The summed E-state index contributed by atoms with van der Waals surface area (Å²) in [5, 5.41) is 12.2. The molecule has 5 N–H and O–H groups in total. The molecule has 39 heavy (non-hydrogen) atoms. The first kappa shape index (κ1) is 24.4. The second kappa shape index (κ2) is 10.4. The monoisotopic (exact) mass is 514 g/mol. The zero-order chi connectivity index (χ0) is 26.8. The number of aromatic nitrogens is 6. The fourth-order valence-corrected chi connectivity index (χ4v) is 4.68. The number of hydrogen-bond donors (Lipinski definition) is 4. The van der Waals surface area contributed by atoms with Crippen LogP contribution in [0, 0.1) is 0 Å². The summed E-state index contributed by atoms with van der Waals surface area (Å²) in [7, 11) is 0. The minimum atomic E-state index is 0.735. The van der Waals surface area contributed by atoms with Crippen molar-refractivity contribution in [2.75, 3.05) is 0 Å². The SMILES string of the molecule is C=C(CCC)N/C(C=C1CC1)=C/C(=C\N)c1ccc2[nH]nc(-c3cc4c(-c5ccncc5)cncc4[nH]3)c2n1. The van der Waals surface area contributed by atoms with Crippen LogP contribution in [0.15, 0.2) is 97.0 Å². The molecule has 6 rings (SSSR count). The van der Waals surface area contributed by atoms with Crippen molar-refractivity contribution in [1.29, 1.82) is 0 Å². The van der Waals surface area contributed by atoms with Gasteiger partial charge in [0, 0.05) is 52.7 Å². The van der Waals surface area contributed by atoms with Gasteiger partial charge in [-0.15, -0.1) is 0 Å². The maximum absolute atomic E-state index is 6.12. The number of H-pyrrole nitrogens is 2. The van der Waals surface area contributed by atoms with Crippen molar-refractivity contribution in [3.63, 3.8) is 0 Å². The molecule has 8 nitrogen and oxygen atoms in total. The maximum Gasteiger partial charge on any atom is 0.135 e. The Labute approximate surface area is 226 Å². The summed E-state index contributed by atoms with van der Waals surface area (Å²) in [6.07, 6.45) is 17.3. The highest BCUT2D eigenvalue weighted by Gasteiger charge is 2.17. The van der Waals surface area contributed by atoms with E-state index in [1.807, 2.05) is 42.7 Å². The van der Waals surface area contributed by atoms with Gasteiger partial charge in [-0.2, -0.15) is 5.10 Å². The van der Waals surface area contributed by atoms with Gasteiger partial charge in [0.15, 0.2) is 0 Å².